The highest BCUT2D eigenvalue weighted by Crippen LogP contribution is 2.14. The first-order valence-corrected chi connectivity index (χ1v) is 7.91. The normalized spacial score (nSPS) is 18.4. The molecule has 1 saturated heterocycles. The Morgan fingerprint density at radius 2 is 2.19 bits per heavy atom. The lowest BCUT2D eigenvalue weighted by atomic mass is 9.96. The van der Waals surface area contributed by atoms with Crippen molar-refractivity contribution in [2.45, 2.75) is 39.3 Å². The molecule has 1 fully saturated rings. The van der Waals surface area contributed by atoms with Crippen LogP contribution in [0.4, 0.5) is 0 Å². The maximum Gasteiger partial charge on any atom is 0.220 e. The molecule has 1 aliphatic rings. The first-order valence-electron chi connectivity index (χ1n) is 7.91. The van der Waals surface area contributed by atoms with Crippen molar-refractivity contribution in [3.8, 4) is 0 Å². The highest BCUT2D eigenvalue weighted by atomic mass is 16.5. The van der Waals surface area contributed by atoms with E-state index in [2.05, 4.69) is 22.8 Å². The van der Waals surface area contributed by atoms with Crippen molar-refractivity contribution in [2.24, 2.45) is 5.92 Å². The summed E-state index contributed by atoms with van der Waals surface area (Å²) in [6.45, 7) is 5.94. The van der Waals surface area contributed by atoms with Gasteiger partial charge in [0.15, 0.2) is 0 Å². The molecule has 0 saturated carbocycles. The number of rotatable bonds is 7. The summed E-state index contributed by atoms with van der Waals surface area (Å²) in [5, 5.41) is 6.39. The van der Waals surface area contributed by atoms with E-state index < -0.39 is 0 Å². The smallest absolute Gasteiger partial charge is 0.220 e. The molecule has 116 valence electrons. The van der Waals surface area contributed by atoms with Gasteiger partial charge in [0.05, 0.1) is 6.61 Å². The van der Waals surface area contributed by atoms with Gasteiger partial charge in [-0.3, -0.25) is 4.79 Å². The van der Waals surface area contributed by atoms with Gasteiger partial charge in [0, 0.05) is 19.6 Å². The average Bonchev–Trinajstić information content (AvgIpc) is 2.52. The zero-order valence-electron chi connectivity index (χ0n) is 12.9. The van der Waals surface area contributed by atoms with Crippen molar-refractivity contribution in [1.29, 1.82) is 0 Å². The zero-order valence-corrected chi connectivity index (χ0v) is 12.9. The lowest BCUT2D eigenvalue weighted by Crippen LogP contribution is -2.34. The van der Waals surface area contributed by atoms with Gasteiger partial charge in [-0.25, -0.2) is 0 Å². The molecule has 1 unspecified atom stereocenters. The minimum absolute atomic E-state index is 0.148. The van der Waals surface area contributed by atoms with E-state index in [1.165, 1.54) is 6.42 Å². The molecule has 1 heterocycles. The second kappa shape index (κ2) is 8.80. The summed E-state index contributed by atoms with van der Waals surface area (Å²) in [6.07, 6.45) is 2.96. The van der Waals surface area contributed by atoms with Crippen LogP contribution >= 0.6 is 0 Å². The van der Waals surface area contributed by atoms with Crippen LogP contribution in [0.25, 0.3) is 0 Å². The van der Waals surface area contributed by atoms with Crippen LogP contribution < -0.4 is 10.6 Å². The summed E-state index contributed by atoms with van der Waals surface area (Å²) in [5.41, 5.74) is 2.29. The maximum atomic E-state index is 12.0. The fraction of sp³-hybridized carbons (Fsp3) is 0.588. The summed E-state index contributed by atoms with van der Waals surface area (Å²) in [4.78, 5) is 12.0. The minimum Gasteiger partial charge on any atom is -0.377 e. The number of nitrogens with one attached hydrogen (secondary N) is 2. The molecule has 2 N–H and O–H groups in total. The molecule has 4 nitrogen and oxygen atoms in total. The molecule has 0 aromatic heterocycles. The van der Waals surface area contributed by atoms with E-state index >= 15 is 0 Å². The fourth-order valence-electron chi connectivity index (χ4n) is 2.71. The lowest BCUT2D eigenvalue weighted by Gasteiger charge is -2.22. The lowest BCUT2D eigenvalue weighted by molar-refractivity contribution is -0.122. The Kier molecular flexibility index (Phi) is 6.70. The third-order valence-electron chi connectivity index (χ3n) is 3.93. The van der Waals surface area contributed by atoms with E-state index in [-0.39, 0.29) is 5.91 Å². The largest absolute Gasteiger partial charge is 0.377 e. The van der Waals surface area contributed by atoms with Crippen LogP contribution in [0.3, 0.4) is 0 Å². The Morgan fingerprint density at radius 3 is 2.90 bits per heavy atom. The van der Waals surface area contributed by atoms with E-state index in [9.17, 15) is 4.79 Å². The molecule has 21 heavy (non-hydrogen) atoms. The van der Waals surface area contributed by atoms with E-state index in [0.29, 0.717) is 32.1 Å². The van der Waals surface area contributed by atoms with Crippen molar-refractivity contribution in [1.82, 2.24) is 10.6 Å². The van der Waals surface area contributed by atoms with Gasteiger partial charge in [-0.1, -0.05) is 24.3 Å². The van der Waals surface area contributed by atoms with E-state index in [0.717, 1.165) is 30.6 Å². The molecule has 1 aromatic rings. The summed E-state index contributed by atoms with van der Waals surface area (Å²) < 4.78 is 5.47. The van der Waals surface area contributed by atoms with Crippen molar-refractivity contribution < 1.29 is 9.53 Å². The van der Waals surface area contributed by atoms with Crippen molar-refractivity contribution in [2.75, 3.05) is 19.7 Å². The third-order valence-corrected chi connectivity index (χ3v) is 3.93. The van der Waals surface area contributed by atoms with E-state index in [1.54, 1.807) is 0 Å². The maximum absolute atomic E-state index is 12.0. The molecule has 0 spiro atoms. The van der Waals surface area contributed by atoms with Crippen molar-refractivity contribution >= 4 is 5.91 Å². The molecular formula is C17H26N2O2. The van der Waals surface area contributed by atoms with Gasteiger partial charge in [-0.05, 0) is 49.9 Å². The zero-order chi connectivity index (χ0) is 14.9. The van der Waals surface area contributed by atoms with Crippen LogP contribution in [0.2, 0.25) is 0 Å². The van der Waals surface area contributed by atoms with Gasteiger partial charge in [-0.15, -0.1) is 0 Å². The Hall–Kier alpha value is -1.39. The second-order valence-corrected chi connectivity index (χ2v) is 5.60. The van der Waals surface area contributed by atoms with E-state index in [1.807, 2.05) is 19.1 Å². The first kappa shape index (κ1) is 16.0. The summed E-state index contributed by atoms with van der Waals surface area (Å²) in [7, 11) is 0. The summed E-state index contributed by atoms with van der Waals surface area (Å²) in [5.74, 6) is 0.632. The van der Waals surface area contributed by atoms with Gasteiger partial charge in [0.25, 0.3) is 0 Å². The van der Waals surface area contributed by atoms with E-state index in [4.69, 9.17) is 4.74 Å². The summed E-state index contributed by atoms with van der Waals surface area (Å²) in [6, 6.07) is 8.12. The minimum atomic E-state index is 0.148. The molecular weight excluding hydrogens is 264 g/mol. The Bertz CT molecular complexity index is 442. The van der Waals surface area contributed by atoms with Crippen LogP contribution in [-0.2, 0) is 22.7 Å². The monoisotopic (exact) mass is 290 g/mol. The predicted molar refractivity (Wildman–Crippen MR) is 83.8 cm³/mol. The number of hydrogen-bond donors (Lipinski definition) is 2. The Morgan fingerprint density at radius 1 is 1.38 bits per heavy atom. The summed E-state index contributed by atoms with van der Waals surface area (Å²) >= 11 is 0. The quantitative estimate of drug-likeness (QED) is 0.809. The SMILES string of the molecule is CCOCc1ccccc1CNC(=O)CC1CCCNC1. The number of ether oxygens (including phenoxy) is 1. The molecule has 4 heteroatoms. The fourth-order valence-corrected chi connectivity index (χ4v) is 2.71. The molecule has 1 aliphatic heterocycles. The number of hydrogen-bond acceptors (Lipinski definition) is 3. The number of carbonyl (C=O) groups excluding carboxylic acids is 1. The van der Waals surface area contributed by atoms with Crippen LogP contribution in [0, 0.1) is 5.92 Å². The Balaban J connectivity index is 1.80. The number of piperidine rings is 1. The molecule has 0 aliphatic carbocycles. The Labute approximate surface area is 127 Å². The highest BCUT2D eigenvalue weighted by molar-refractivity contribution is 5.76. The van der Waals surface area contributed by atoms with Gasteiger partial charge >= 0.3 is 0 Å². The van der Waals surface area contributed by atoms with Crippen LogP contribution in [0.1, 0.15) is 37.3 Å². The van der Waals surface area contributed by atoms with Crippen molar-refractivity contribution in [3.05, 3.63) is 35.4 Å². The molecule has 0 radical (unpaired) electrons. The topological polar surface area (TPSA) is 50.4 Å². The van der Waals surface area contributed by atoms with Gasteiger partial charge in [0.2, 0.25) is 5.91 Å². The van der Waals surface area contributed by atoms with Crippen LogP contribution in [0.15, 0.2) is 24.3 Å². The molecule has 1 aromatic carbocycles. The molecule has 1 atom stereocenters. The van der Waals surface area contributed by atoms with Gasteiger partial charge < -0.3 is 15.4 Å². The highest BCUT2D eigenvalue weighted by Gasteiger charge is 2.16. The number of amides is 1. The van der Waals surface area contributed by atoms with Crippen LogP contribution in [-0.4, -0.2) is 25.6 Å². The number of carbonyl (C=O) groups is 1. The molecule has 0 bridgehead atoms. The second-order valence-electron chi connectivity index (χ2n) is 5.60. The van der Waals surface area contributed by atoms with Crippen LogP contribution in [0.5, 0.6) is 0 Å². The standard InChI is InChI=1S/C17H26N2O2/c1-2-21-13-16-8-4-3-7-15(16)12-19-17(20)10-14-6-5-9-18-11-14/h3-4,7-8,14,18H,2,5-6,9-13H2,1H3,(H,19,20). The molecule has 1 amide bonds. The molecule has 2 rings (SSSR count). The number of benzene rings is 1. The predicted octanol–water partition coefficient (Wildman–Crippen LogP) is 2.23. The van der Waals surface area contributed by atoms with Crippen molar-refractivity contribution in [3.63, 3.8) is 0 Å². The third kappa shape index (κ3) is 5.48. The van der Waals surface area contributed by atoms with Gasteiger partial charge in [-0.2, -0.15) is 0 Å². The first-order chi connectivity index (χ1) is 10.3. The average molecular weight is 290 g/mol. The van der Waals surface area contributed by atoms with Gasteiger partial charge in [0.1, 0.15) is 0 Å².